The van der Waals surface area contributed by atoms with Crippen LogP contribution in [0.3, 0.4) is 0 Å². The molecule has 0 heterocycles. The highest BCUT2D eigenvalue weighted by molar-refractivity contribution is 5.92. The van der Waals surface area contributed by atoms with Crippen LogP contribution in [0.1, 0.15) is 57.7 Å². The second-order valence-corrected chi connectivity index (χ2v) is 11.7. The molecule has 0 N–H and O–H groups in total. The van der Waals surface area contributed by atoms with Crippen LogP contribution in [-0.2, 0) is 10.2 Å². The van der Waals surface area contributed by atoms with Crippen LogP contribution in [0.15, 0.2) is 84.9 Å². The van der Waals surface area contributed by atoms with E-state index in [1.165, 1.54) is 16.3 Å². The number of ether oxygens (including phenoxy) is 3. The van der Waals surface area contributed by atoms with E-state index in [-0.39, 0.29) is 17.4 Å². The number of esters is 1. The number of rotatable bonds is 9. The van der Waals surface area contributed by atoms with E-state index in [1.54, 1.807) is 13.2 Å². The Morgan fingerprint density at radius 3 is 2.23 bits per heavy atom. The van der Waals surface area contributed by atoms with Crippen LogP contribution < -0.4 is 14.2 Å². The molecule has 39 heavy (non-hydrogen) atoms. The summed E-state index contributed by atoms with van der Waals surface area (Å²) in [6, 6.07) is 28.0. The fourth-order valence-electron chi connectivity index (χ4n) is 5.18. The van der Waals surface area contributed by atoms with Gasteiger partial charge in [-0.05, 0) is 69.0 Å². The average Bonchev–Trinajstić information content (AvgIpc) is 2.90. The third-order valence-electron chi connectivity index (χ3n) is 6.65. The summed E-state index contributed by atoms with van der Waals surface area (Å²) < 4.78 is 16.8. The van der Waals surface area contributed by atoms with E-state index in [2.05, 4.69) is 83.2 Å². The second-order valence-electron chi connectivity index (χ2n) is 11.7. The molecular weight excluding hydrogens is 484 g/mol. The Bertz CT molecular complexity index is 1450. The Labute approximate surface area is 232 Å². The lowest BCUT2D eigenvalue weighted by Crippen LogP contribution is -2.24. The van der Waals surface area contributed by atoms with Crippen molar-refractivity contribution >= 4 is 28.9 Å². The van der Waals surface area contributed by atoms with Gasteiger partial charge >= 0.3 is 5.97 Å². The summed E-state index contributed by atoms with van der Waals surface area (Å²) in [7, 11) is 1.56. The van der Waals surface area contributed by atoms with Gasteiger partial charge in [-0.2, -0.15) is 0 Å². The minimum atomic E-state index is -0.496. The first-order chi connectivity index (χ1) is 18.5. The maximum absolute atomic E-state index is 12.5. The van der Waals surface area contributed by atoms with Gasteiger partial charge in [0.15, 0.2) is 18.1 Å². The summed E-state index contributed by atoms with van der Waals surface area (Å²) in [6.45, 7) is 11.1. The predicted molar refractivity (Wildman–Crippen MR) is 161 cm³/mol. The maximum atomic E-state index is 12.5. The van der Waals surface area contributed by atoms with Crippen molar-refractivity contribution < 1.29 is 19.0 Å². The molecule has 4 aromatic rings. The van der Waals surface area contributed by atoms with Gasteiger partial charge < -0.3 is 14.2 Å². The van der Waals surface area contributed by atoms with E-state index in [4.69, 9.17) is 14.2 Å². The van der Waals surface area contributed by atoms with E-state index < -0.39 is 5.97 Å². The fraction of sp³-hybridized carbons (Fsp3) is 0.286. The monoisotopic (exact) mass is 522 g/mol. The Kier molecular flexibility index (Phi) is 8.44. The van der Waals surface area contributed by atoms with Crippen LogP contribution in [0.2, 0.25) is 0 Å². The zero-order valence-corrected chi connectivity index (χ0v) is 23.8. The molecule has 0 aliphatic rings. The molecule has 0 aliphatic carbocycles. The minimum Gasteiger partial charge on any atom is -0.493 e. The minimum absolute atomic E-state index is 0.0441. The Hall–Kier alpha value is -4.05. The van der Waals surface area contributed by atoms with Gasteiger partial charge in [0.2, 0.25) is 0 Å². The summed E-state index contributed by atoms with van der Waals surface area (Å²) >= 11 is 0. The van der Waals surface area contributed by atoms with Crippen LogP contribution in [-0.4, -0.2) is 19.7 Å². The fourth-order valence-corrected chi connectivity index (χ4v) is 5.18. The molecule has 4 heteroatoms. The standard InChI is InChI=1S/C35H38O4/c1-34(2,3)24-35(4,5)28-17-19-29(20-18-28)38-23-33(36)39-31-21-15-25(22-32(31)37-6)14-16-27-12-9-11-26-10-7-8-13-30(26)27/h7-22H,23-24H2,1-6H3/b16-14+. The molecule has 0 radical (unpaired) electrons. The summed E-state index contributed by atoms with van der Waals surface area (Å²) in [4.78, 5) is 12.5. The van der Waals surface area contributed by atoms with Gasteiger partial charge in [-0.25, -0.2) is 4.79 Å². The van der Waals surface area contributed by atoms with Gasteiger partial charge in [-0.1, -0.05) is 107 Å². The topological polar surface area (TPSA) is 44.8 Å². The highest BCUT2D eigenvalue weighted by Gasteiger charge is 2.27. The van der Waals surface area contributed by atoms with Gasteiger partial charge in [0.25, 0.3) is 0 Å². The molecule has 4 aromatic carbocycles. The number of fused-ring (bicyclic) bond motifs is 1. The number of carbonyl (C=O) groups excluding carboxylic acids is 1. The van der Waals surface area contributed by atoms with Gasteiger partial charge in [0.05, 0.1) is 7.11 Å². The zero-order chi connectivity index (χ0) is 28.0. The van der Waals surface area contributed by atoms with Crippen LogP contribution in [0.5, 0.6) is 17.2 Å². The highest BCUT2D eigenvalue weighted by atomic mass is 16.6. The summed E-state index contributed by atoms with van der Waals surface area (Å²) in [5.74, 6) is 0.967. The number of carbonyl (C=O) groups is 1. The largest absolute Gasteiger partial charge is 0.493 e. The summed E-state index contributed by atoms with van der Waals surface area (Å²) in [5.41, 5.74) is 3.58. The molecule has 0 aliphatic heterocycles. The number of hydrogen-bond donors (Lipinski definition) is 0. The highest BCUT2D eigenvalue weighted by Crippen LogP contribution is 2.36. The van der Waals surface area contributed by atoms with Crippen molar-refractivity contribution in [2.24, 2.45) is 5.41 Å². The Balaban J connectivity index is 1.37. The third-order valence-corrected chi connectivity index (χ3v) is 6.65. The van der Waals surface area contributed by atoms with Crippen molar-refractivity contribution in [1.29, 1.82) is 0 Å². The molecule has 0 atom stereocenters. The Morgan fingerprint density at radius 2 is 1.51 bits per heavy atom. The number of methoxy groups -OCH3 is 1. The van der Waals surface area contributed by atoms with Gasteiger partial charge in [0, 0.05) is 0 Å². The van der Waals surface area contributed by atoms with Crippen LogP contribution >= 0.6 is 0 Å². The van der Waals surface area contributed by atoms with Crippen molar-refractivity contribution in [3.05, 3.63) is 102 Å². The van der Waals surface area contributed by atoms with Gasteiger partial charge in [-0.15, -0.1) is 0 Å². The van der Waals surface area contributed by atoms with Crippen LogP contribution in [0.25, 0.3) is 22.9 Å². The van der Waals surface area contributed by atoms with E-state index in [1.807, 2.05) is 42.5 Å². The first-order valence-electron chi connectivity index (χ1n) is 13.3. The predicted octanol–water partition coefficient (Wildman–Crippen LogP) is 8.72. The number of hydrogen-bond acceptors (Lipinski definition) is 4. The molecule has 0 fully saturated rings. The van der Waals surface area contributed by atoms with Crippen molar-refractivity contribution in [2.45, 2.75) is 46.5 Å². The summed E-state index contributed by atoms with van der Waals surface area (Å²) in [6.07, 6.45) is 5.16. The second kappa shape index (κ2) is 11.8. The van der Waals surface area contributed by atoms with Gasteiger partial charge in [-0.3, -0.25) is 0 Å². The molecular formula is C35H38O4. The van der Waals surface area contributed by atoms with E-state index >= 15 is 0 Å². The van der Waals surface area contributed by atoms with Crippen molar-refractivity contribution in [1.82, 2.24) is 0 Å². The molecule has 4 nitrogen and oxygen atoms in total. The lowest BCUT2D eigenvalue weighted by Gasteiger charge is -2.33. The molecule has 0 unspecified atom stereocenters. The first-order valence-corrected chi connectivity index (χ1v) is 13.3. The molecule has 0 aromatic heterocycles. The SMILES string of the molecule is COc1cc(/C=C/c2cccc3ccccc23)ccc1OC(=O)COc1ccc(C(C)(C)CC(C)(C)C)cc1. The van der Waals surface area contributed by atoms with E-state index in [0.29, 0.717) is 17.2 Å². The first kappa shape index (κ1) is 28.0. The lowest BCUT2D eigenvalue weighted by molar-refractivity contribution is -0.136. The molecule has 0 saturated heterocycles. The van der Waals surface area contributed by atoms with E-state index in [0.717, 1.165) is 17.5 Å². The third kappa shape index (κ3) is 7.51. The van der Waals surface area contributed by atoms with Crippen LogP contribution in [0.4, 0.5) is 0 Å². The van der Waals surface area contributed by atoms with Crippen LogP contribution in [0, 0.1) is 5.41 Å². The quantitative estimate of drug-likeness (QED) is 0.125. The molecule has 4 rings (SSSR count). The smallest absolute Gasteiger partial charge is 0.349 e. The maximum Gasteiger partial charge on any atom is 0.349 e. The average molecular weight is 523 g/mol. The molecule has 0 saturated carbocycles. The molecule has 0 amide bonds. The molecule has 202 valence electrons. The Morgan fingerprint density at radius 1 is 0.795 bits per heavy atom. The van der Waals surface area contributed by atoms with Gasteiger partial charge in [0.1, 0.15) is 5.75 Å². The summed E-state index contributed by atoms with van der Waals surface area (Å²) in [5, 5.41) is 2.39. The van der Waals surface area contributed by atoms with E-state index in [9.17, 15) is 4.79 Å². The molecule has 0 spiro atoms. The van der Waals surface area contributed by atoms with Crippen molar-refractivity contribution in [3.8, 4) is 17.2 Å². The normalized spacial score (nSPS) is 12.1. The number of benzene rings is 4. The van der Waals surface area contributed by atoms with Crippen molar-refractivity contribution in [2.75, 3.05) is 13.7 Å². The van der Waals surface area contributed by atoms with Crippen molar-refractivity contribution in [3.63, 3.8) is 0 Å². The lowest BCUT2D eigenvalue weighted by atomic mass is 9.72. The zero-order valence-electron chi connectivity index (χ0n) is 23.8. The molecule has 0 bridgehead atoms.